The SMILES string of the molecule is CNC(=O)c1cc(C#N)cc(C)c1NC(=O)c1cc(Cn2ncc(C(C)(C)C)n2)nn1-c1ncccc1Cl. The third-order valence-electron chi connectivity index (χ3n) is 5.72. The number of carbonyl (C=O) groups is 2. The number of nitrogens with zero attached hydrogens (tertiary/aromatic N) is 7. The van der Waals surface area contributed by atoms with Gasteiger partial charge in [0.15, 0.2) is 5.82 Å². The van der Waals surface area contributed by atoms with Crippen molar-refractivity contribution in [3.8, 4) is 11.9 Å². The monoisotopic (exact) mass is 531 g/mol. The third kappa shape index (κ3) is 5.40. The predicted octanol–water partition coefficient (Wildman–Crippen LogP) is 3.65. The van der Waals surface area contributed by atoms with E-state index in [0.29, 0.717) is 21.8 Å². The van der Waals surface area contributed by atoms with Crippen LogP contribution in [-0.4, -0.2) is 48.6 Å². The van der Waals surface area contributed by atoms with Crippen LogP contribution in [0.1, 0.15) is 64.1 Å². The Balaban J connectivity index is 1.76. The molecule has 0 aliphatic carbocycles. The van der Waals surface area contributed by atoms with Crippen LogP contribution in [0.3, 0.4) is 0 Å². The zero-order valence-corrected chi connectivity index (χ0v) is 22.3. The number of hydrogen-bond acceptors (Lipinski definition) is 7. The number of aryl methyl sites for hydroxylation is 1. The van der Waals surface area contributed by atoms with Crippen molar-refractivity contribution in [2.45, 2.75) is 39.7 Å². The molecule has 0 saturated carbocycles. The highest BCUT2D eigenvalue weighted by Gasteiger charge is 2.24. The summed E-state index contributed by atoms with van der Waals surface area (Å²) in [5.74, 6) is -0.730. The zero-order chi connectivity index (χ0) is 27.6. The van der Waals surface area contributed by atoms with Crippen molar-refractivity contribution in [1.82, 2.24) is 35.1 Å². The molecule has 0 radical (unpaired) electrons. The number of amides is 2. The number of hydrogen-bond donors (Lipinski definition) is 2. The number of anilines is 1. The van der Waals surface area contributed by atoms with Gasteiger partial charge in [-0.15, -0.1) is 0 Å². The second-order valence-electron chi connectivity index (χ2n) is 9.61. The highest BCUT2D eigenvalue weighted by Crippen LogP contribution is 2.26. The van der Waals surface area contributed by atoms with Gasteiger partial charge < -0.3 is 10.6 Å². The number of benzene rings is 1. The molecule has 0 bridgehead atoms. The molecule has 0 aliphatic heterocycles. The summed E-state index contributed by atoms with van der Waals surface area (Å²) in [4.78, 5) is 32.0. The van der Waals surface area contributed by atoms with Crippen molar-refractivity contribution >= 4 is 29.1 Å². The first-order valence-electron chi connectivity index (χ1n) is 11.7. The minimum atomic E-state index is -0.549. The Morgan fingerprint density at radius 1 is 1.16 bits per heavy atom. The van der Waals surface area contributed by atoms with Crippen LogP contribution in [0.25, 0.3) is 5.82 Å². The van der Waals surface area contributed by atoms with Gasteiger partial charge in [-0.3, -0.25) is 9.59 Å². The van der Waals surface area contributed by atoms with E-state index in [1.54, 1.807) is 43.6 Å². The lowest BCUT2D eigenvalue weighted by atomic mass is 9.93. The maximum absolute atomic E-state index is 13.6. The van der Waals surface area contributed by atoms with Crippen molar-refractivity contribution in [2.24, 2.45) is 0 Å². The highest BCUT2D eigenvalue weighted by atomic mass is 35.5. The Bertz CT molecular complexity index is 1570. The Labute approximate surface area is 224 Å². The molecule has 0 atom stereocenters. The van der Waals surface area contributed by atoms with Crippen LogP contribution in [0.2, 0.25) is 5.02 Å². The van der Waals surface area contributed by atoms with Gasteiger partial charge in [0.2, 0.25) is 0 Å². The van der Waals surface area contributed by atoms with Crippen LogP contribution in [0.5, 0.6) is 0 Å². The van der Waals surface area contributed by atoms with Crippen LogP contribution in [-0.2, 0) is 12.0 Å². The summed E-state index contributed by atoms with van der Waals surface area (Å²) in [6.45, 7) is 8.03. The molecule has 4 rings (SSSR count). The average molecular weight is 532 g/mol. The molecular formula is C26H26ClN9O2. The number of carbonyl (C=O) groups excluding carboxylic acids is 2. The van der Waals surface area contributed by atoms with E-state index < -0.39 is 11.8 Å². The first kappa shape index (κ1) is 26.5. The first-order valence-corrected chi connectivity index (χ1v) is 12.1. The van der Waals surface area contributed by atoms with Gasteiger partial charge in [0.25, 0.3) is 11.8 Å². The summed E-state index contributed by atoms with van der Waals surface area (Å²) in [6, 6.07) is 9.97. The number of nitriles is 1. The number of pyridine rings is 1. The van der Waals surface area contributed by atoms with E-state index in [1.165, 1.54) is 22.6 Å². The summed E-state index contributed by atoms with van der Waals surface area (Å²) >= 11 is 6.39. The molecule has 0 spiro atoms. The van der Waals surface area contributed by atoms with Crippen LogP contribution in [0.4, 0.5) is 5.69 Å². The lowest BCUT2D eigenvalue weighted by Crippen LogP contribution is -2.24. The number of halogens is 1. The molecule has 12 heteroatoms. The Morgan fingerprint density at radius 2 is 1.92 bits per heavy atom. The Hall–Kier alpha value is -4.56. The van der Waals surface area contributed by atoms with E-state index in [9.17, 15) is 14.9 Å². The zero-order valence-electron chi connectivity index (χ0n) is 21.6. The normalized spacial score (nSPS) is 11.2. The average Bonchev–Trinajstić information content (AvgIpc) is 3.52. The molecule has 0 fully saturated rings. The predicted molar refractivity (Wildman–Crippen MR) is 141 cm³/mol. The van der Waals surface area contributed by atoms with Crippen molar-refractivity contribution in [3.05, 3.63) is 81.5 Å². The van der Waals surface area contributed by atoms with Crippen molar-refractivity contribution < 1.29 is 9.59 Å². The minimum Gasteiger partial charge on any atom is -0.355 e. The summed E-state index contributed by atoms with van der Waals surface area (Å²) in [6.07, 6.45) is 3.25. The molecule has 2 N–H and O–H groups in total. The fourth-order valence-corrected chi connectivity index (χ4v) is 3.94. The Kier molecular flexibility index (Phi) is 7.28. The summed E-state index contributed by atoms with van der Waals surface area (Å²) in [5.41, 5.74) is 2.56. The summed E-state index contributed by atoms with van der Waals surface area (Å²) in [7, 11) is 1.47. The standard InChI is InChI=1S/C26H26ClN9O2/c1-15-9-16(12-28)10-18(24(37)29-5)22(15)32-25(38)20-11-17(14-35-31-13-21(34-35)26(2,3)4)33-36(20)23-19(27)7-6-8-30-23/h6-11,13H,14H2,1-5H3,(H,29,37)(H,32,38). The number of nitrogens with one attached hydrogen (secondary N) is 2. The molecule has 0 aliphatic rings. The number of rotatable bonds is 6. The van der Waals surface area contributed by atoms with Crippen molar-refractivity contribution in [3.63, 3.8) is 0 Å². The van der Waals surface area contributed by atoms with Gasteiger partial charge in [0, 0.05) is 18.7 Å². The van der Waals surface area contributed by atoms with E-state index in [4.69, 9.17) is 11.6 Å². The largest absolute Gasteiger partial charge is 0.355 e. The number of aromatic nitrogens is 6. The van der Waals surface area contributed by atoms with Crippen LogP contribution in [0.15, 0.2) is 42.7 Å². The smallest absolute Gasteiger partial charge is 0.274 e. The summed E-state index contributed by atoms with van der Waals surface area (Å²) in [5, 5.41) is 28.4. The fourth-order valence-electron chi connectivity index (χ4n) is 3.73. The highest BCUT2D eigenvalue weighted by molar-refractivity contribution is 6.32. The van der Waals surface area contributed by atoms with Gasteiger partial charge in [-0.05, 0) is 42.8 Å². The fraction of sp³-hybridized carbons (Fsp3) is 0.269. The lowest BCUT2D eigenvalue weighted by molar-refractivity contribution is 0.0964. The van der Waals surface area contributed by atoms with Crippen LogP contribution >= 0.6 is 11.6 Å². The molecule has 1 aromatic carbocycles. The molecular weight excluding hydrogens is 506 g/mol. The van der Waals surface area contributed by atoms with Crippen molar-refractivity contribution in [2.75, 3.05) is 12.4 Å². The molecule has 0 unspecified atom stereocenters. The second-order valence-corrected chi connectivity index (χ2v) is 10.0. The van der Waals surface area contributed by atoms with Gasteiger partial charge in [0.05, 0.1) is 45.5 Å². The van der Waals surface area contributed by atoms with Crippen LogP contribution < -0.4 is 10.6 Å². The minimum absolute atomic E-state index is 0.135. The second kappa shape index (κ2) is 10.4. The van der Waals surface area contributed by atoms with Gasteiger partial charge in [0.1, 0.15) is 12.2 Å². The van der Waals surface area contributed by atoms with E-state index in [-0.39, 0.29) is 34.7 Å². The molecule has 194 valence electrons. The van der Waals surface area contributed by atoms with Crippen LogP contribution in [0, 0.1) is 18.3 Å². The Morgan fingerprint density at radius 3 is 2.55 bits per heavy atom. The molecule has 2 amide bonds. The molecule has 0 saturated heterocycles. The van der Waals surface area contributed by atoms with E-state index in [1.807, 2.05) is 26.8 Å². The van der Waals surface area contributed by atoms with E-state index >= 15 is 0 Å². The van der Waals surface area contributed by atoms with Gasteiger partial charge in [-0.1, -0.05) is 32.4 Å². The molecule has 3 aromatic heterocycles. The molecule has 3 heterocycles. The summed E-state index contributed by atoms with van der Waals surface area (Å²) < 4.78 is 1.35. The topological polar surface area (TPSA) is 143 Å². The van der Waals surface area contributed by atoms with Gasteiger partial charge >= 0.3 is 0 Å². The quantitative estimate of drug-likeness (QED) is 0.386. The first-order chi connectivity index (χ1) is 18.0. The molecule has 4 aromatic rings. The van der Waals surface area contributed by atoms with Crippen molar-refractivity contribution in [1.29, 1.82) is 5.26 Å². The maximum atomic E-state index is 13.6. The van der Waals surface area contributed by atoms with E-state index in [0.717, 1.165) is 5.69 Å². The lowest BCUT2D eigenvalue weighted by Gasteiger charge is -2.14. The maximum Gasteiger partial charge on any atom is 0.274 e. The van der Waals surface area contributed by atoms with Gasteiger partial charge in [-0.25, -0.2) is 9.67 Å². The molecule has 11 nitrogen and oxygen atoms in total. The van der Waals surface area contributed by atoms with Gasteiger partial charge in [-0.2, -0.15) is 25.4 Å². The molecule has 38 heavy (non-hydrogen) atoms. The third-order valence-corrected chi connectivity index (χ3v) is 6.01. The van der Waals surface area contributed by atoms with E-state index in [2.05, 4.69) is 30.9 Å².